The predicted octanol–water partition coefficient (Wildman–Crippen LogP) is 2.95. The van der Waals surface area contributed by atoms with Gasteiger partial charge >= 0.3 is 11.8 Å². The van der Waals surface area contributed by atoms with Crippen LogP contribution >= 0.6 is 0 Å². The van der Waals surface area contributed by atoms with E-state index < -0.39 is 11.8 Å². The summed E-state index contributed by atoms with van der Waals surface area (Å²) in [4.78, 5) is 31.3. The Kier molecular flexibility index (Phi) is 6.12. The van der Waals surface area contributed by atoms with Gasteiger partial charge in [-0.1, -0.05) is 24.3 Å². The minimum absolute atomic E-state index is 0.130. The molecule has 1 unspecified atom stereocenters. The van der Waals surface area contributed by atoms with Gasteiger partial charge in [0.15, 0.2) is 0 Å². The number of pyridine rings is 1. The van der Waals surface area contributed by atoms with Gasteiger partial charge < -0.3 is 20.3 Å². The van der Waals surface area contributed by atoms with E-state index in [-0.39, 0.29) is 12.6 Å². The van der Waals surface area contributed by atoms with Gasteiger partial charge in [-0.3, -0.25) is 14.6 Å². The number of carbonyl (C=O) groups is 2. The van der Waals surface area contributed by atoms with Crippen LogP contribution < -0.4 is 20.3 Å². The number of anilines is 2. The summed E-state index contributed by atoms with van der Waals surface area (Å²) >= 11 is 0. The summed E-state index contributed by atoms with van der Waals surface area (Å²) in [5.74, 6) is -0.721. The largest absolute Gasteiger partial charge is 0.497 e. The molecular weight excluding hydrogens is 392 g/mol. The highest BCUT2D eigenvalue weighted by atomic mass is 16.5. The fraction of sp³-hybridized carbons (Fsp3) is 0.208. The van der Waals surface area contributed by atoms with E-state index in [2.05, 4.69) is 32.7 Å². The zero-order valence-electron chi connectivity index (χ0n) is 17.2. The van der Waals surface area contributed by atoms with E-state index in [0.717, 1.165) is 24.2 Å². The SMILES string of the molecule is COc1ccc(NC(=O)C(=O)NCC(c2cccnc2)N2CCc3ccccc32)cc1. The summed E-state index contributed by atoms with van der Waals surface area (Å²) in [6.07, 6.45) is 4.47. The first kappa shape index (κ1) is 20.4. The molecule has 0 saturated heterocycles. The smallest absolute Gasteiger partial charge is 0.313 e. The average Bonchev–Trinajstić information content (AvgIpc) is 3.24. The van der Waals surface area contributed by atoms with Crippen LogP contribution in [-0.2, 0) is 16.0 Å². The van der Waals surface area contributed by atoms with Gasteiger partial charge in [0.05, 0.1) is 13.2 Å². The van der Waals surface area contributed by atoms with Crippen molar-refractivity contribution in [2.75, 3.05) is 30.4 Å². The lowest BCUT2D eigenvalue weighted by Gasteiger charge is -2.30. The Bertz CT molecular complexity index is 1050. The number of carbonyl (C=O) groups excluding carboxylic acids is 2. The normalized spacial score (nSPS) is 13.3. The summed E-state index contributed by atoms with van der Waals surface area (Å²) in [5.41, 5.74) is 3.93. The van der Waals surface area contributed by atoms with E-state index in [0.29, 0.717) is 11.4 Å². The van der Waals surface area contributed by atoms with Gasteiger partial charge in [-0.05, 0) is 53.9 Å². The first-order valence-electron chi connectivity index (χ1n) is 10.1. The molecular formula is C24H24N4O3. The summed E-state index contributed by atoms with van der Waals surface area (Å²) < 4.78 is 5.10. The maximum atomic E-state index is 12.5. The van der Waals surface area contributed by atoms with Crippen LogP contribution in [0.1, 0.15) is 17.2 Å². The zero-order chi connectivity index (χ0) is 21.6. The maximum absolute atomic E-state index is 12.5. The molecule has 31 heavy (non-hydrogen) atoms. The Balaban J connectivity index is 1.45. The van der Waals surface area contributed by atoms with E-state index in [1.807, 2.05) is 24.3 Å². The molecule has 0 radical (unpaired) electrons. The lowest BCUT2D eigenvalue weighted by Crippen LogP contribution is -2.41. The number of amides is 2. The minimum atomic E-state index is -0.711. The Hall–Kier alpha value is -3.87. The molecule has 2 N–H and O–H groups in total. The number of para-hydroxylation sites is 1. The Morgan fingerprint density at radius 2 is 1.87 bits per heavy atom. The third-order valence-electron chi connectivity index (χ3n) is 5.38. The molecule has 2 amide bonds. The fourth-order valence-corrected chi connectivity index (χ4v) is 3.80. The first-order chi connectivity index (χ1) is 15.2. The van der Waals surface area contributed by atoms with Crippen molar-refractivity contribution in [3.05, 3.63) is 84.2 Å². The molecule has 2 aromatic carbocycles. The third kappa shape index (κ3) is 4.66. The van der Waals surface area contributed by atoms with Crippen LogP contribution in [0.5, 0.6) is 5.75 Å². The van der Waals surface area contributed by atoms with Gasteiger partial charge in [0.25, 0.3) is 0 Å². The molecule has 0 fully saturated rings. The predicted molar refractivity (Wildman–Crippen MR) is 119 cm³/mol. The number of rotatable bonds is 6. The van der Waals surface area contributed by atoms with Gasteiger partial charge in [-0.15, -0.1) is 0 Å². The summed E-state index contributed by atoms with van der Waals surface area (Å²) in [6, 6.07) is 18.8. The number of aromatic nitrogens is 1. The number of hydrogen-bond acceptors (Lipinski definition) is 5. The van der Waals surface area contributed by atoms with Crippen LogP contribution in [0.15, 0.2) is 73.1 Å². The second-order valence-electron chi connectivity index (χ2n) is 7.27. The lowest BCUT2D eigenvalue weighted by atomic mass is 10.1. The van der Waals surface area contributed by atoms with Crippen molar-refractivity contribution in [2.24, 2.45) is 0 Å². The molecule has 3 aromatic rings. The van der Waals surface area contributed by atoms with Gasteiger partial charge in [0.2, 0.25) is 0 Å². The van der Waals surface area contributed by atoms with Crippen LogP contribution in [0.4, 0.5) is 11.4 Å². The molecule has 0 aliphatic carbocycles. The highest BCUT2D eigenvalue weighted by Crippen LogP contribution is 2.34. The molecule has 0 saturated carbocycles. The molecule has 7 heteroatoms. The molecule has 158 valence electrons. The molecule has 2 heterocycles. The van der Waals surface area contributed by atoms with Crippen molar-refractivity contribution in [3.8, 4) is 5.75 Å². The number of nitrogens with one attached hydrogen (secondary N) is 2. The molecule has 1 atom stereocenters. The van der Waals surface area contributed by atoms with Crippen LogP contribution in [0.2, 0.25) is 0 Å². The van der Waals surface area contributed by atoms with E-state index in [9.17, 15) is 9.59 Å². The molecule has 4 rings (SSSR count). The Morgan fingerprint density at radius 1 is 1.06 bits per heavy atom. The Morgan fingerprint density at radius 3 is 2.61 bits per heavy atom. The van der Waals surface area contributed by atoms with E-state index >= 15 is 0 Å². The molecule has 0 spiro atoms. The second-order valence-corrected chi connectivity index (χ2v) is 7.27. The molecule has 1 aliphatic rings. The summed E-state index contributed by atoms with van der Waals surface area (Å²) in [5, 5.41) is 5.40. The van der Waals surface area contributed by atoms with Crippen molar-refractivity contribution < 1.29 is 14.3 Å². The van der Waals surface area contributed by atoms with Gasteiger partial charge in [0, 0.05) is 36.9 Å². The summed E-state index contributed by atoms with van der Waals surface area (Å²) in [7, 11) is 1.57. The number of hydrogen-bond donors (Lipinski definition) is 2. The molecule has 0 bridgehead atoms. The van der Waals surface area contributed by atoms with Crippen molar-refractivity contribution in [2.45, 2.75) is 12.5 Å². The second kappa shape index (κ2) is 9.30. The van der Waals surface area contributed by atoms with Gasteiger partial charge in [0.1, 0.15) is 5.75 Å². The first-order valence-corrected chi connectivity index (χ1v) is 10.1. The van der Waals surface area contributed by atoms with E-state index in [1.54, 1.807) is 43.8 Å². The van der Waals surface area contributed by atoms with Crippen molar-refractivity contribution in [3.63, 3.8) is 0 Å². The molecule has 1 aliphatic heterocycles. The topological polar surface area (TPSA) is 83.6 Å². The molecule has 1 aromatic heterocycles. The van der Waals surface area contributed by atoms with Crippen molar-refractivity contribution in [1.29, 1.82) is 0 Å². The lowest BCUT2D eigenvalue weighted by molar-refractivity contribution is -0.136. The average molecular weight is 416 g/mol. The highest BCUT2D eigenvalue weighted by Gasteiger charge is 2.28. The number of ether oxygens (including phenoxy) is 1. The van der Waals surface area contributed by atoms with Crippen LogP contribution in [0.25, 0.3) is 0 Å². The minimum Gasteiger partial charge on any atom is -0.497 e. The highest BCUT2D eigenvalue weighted by molar-refractivity contribution is 6.39. The number of methoxy groups -OCH3 is 1. The number of fused-ring (bicyclic) bond motifs is 1. The monoisotopic (exact) mass is 416 g/mol. The van der Waals surface area contributed by atoms with Gasteiger partial charge in [-0.2, -0.15) is 0 Å². The third-order valence-corrected chi connectivity index (χ3v) is 5.38. The fourth-order valence-electron chi connectivity index (χ4n) is 3.80. The maximum Gasteiger partial charge on any atom is 0.313 e. The molecule has 7 nitrogen and oxygen atoms in total. The van der Waals surface area contributed by atoms with Crippen LogP contribution in [0.3, 0.4) is 0 Å². The van der Waals surface area contributed by atoms with E-state index in [1.165, 1.54) is 5.56 Å². The number of nitrogens with zero attached hydrogens (tertiary/aromatic N) is 2. The summed E-state index contributed by atoms with van der Waals surface area (Å²) in [6.45, 7) is 1.13. The van der Waals surface area contributed by atoms with Crippen LogP contribution in [-0.4, -0.2) is 37.0 Å². The number of benzene rings is 2. The quantitative estimate of drug-likeness (QED) is 0.604. The zero-order valence-corrected chi connectivity index (χ0v) is 17.2. The van der Waals surface area contributed by atoms with Crippen molar-refractivity contribution in [1.82, 2.24) is 10.3 Å². The van der Waals surface area contributed by atoms with Crippen LogP contribution in [0, 0.1) is 0 Å². The van der Waals surface area contributed by atoms with Gasteiger partial charge in [-0.25, -0.2) is 0 Å². The standard InChI is InChI=1S/C24H24N4O3/c1-31-20-10-8-19(9-11-20)27-24(30)23(29)26-16-22(18-6-4-13-25-15-18)28-14-12-17-5-2-3-7-21(17)28/h2-11,13,15,22H,12,14,16H2,1H3,(H,26,29)(H,27,30). The van der Waals surface area contributed by atoms with E-state index in [4.69, 9.17) is 4.74 Å². The Labute approximate surface area is 181 Å². The van der Waals surface area contributed by atoms with Crippen molar-refractivity contribution >= 4 is 23.2 Å².